The first kappa shape index (κ1) is 11.0. The summed E-state index contributed by atoms with van der Waals surface area (Å²) in [6, 6.07) is 6.07. The Morgan fingerprint density at radius 1 is 1.38 bits per heavy atom. The second kappa shape index (κ2) is 4.94. The molecule has 0 radical (unpaired) electrons. The summed E-state index contributed by atoms with van der Waals surface area (Å²) in [6.45, 7) is 3.67. The molecule has 0 amide bonds. The highest BCUT2D eigenvalue weighted by Crippen LogP contribution is 2.26. The van der Waals surface area contributed by atoms with Crippen molar-refractivity contribution in [3.8, 4) is 0 Å². The van der Waals surface area contributed by atoms with Gasteiger partial charge < -0.3 is 5.73 Å². The summed E-state index contributed by atoms with van der Waals surface area (Å²) in [5.74, 6) is 0. The molecule has 70 valence electrons. The minimum Gasteiger partial charge on any atom is -0.324 e. The quantitative estimate of drug-likeness (QED) is 0.845. The summed E-state index contributed by atoms with van der Waals surface area (Å²) in [5.41, 5.74) is 7.04. The number of hydrogen-bond acceptors (Lipinski definition) is 1. The van der Waals surface area contributed by atoms with Crippen molar-refractivity contribution in [1.82, 2.24) is 0 Å². The maximum absolute atomic E-state index is 5.92. The normalized spacial score (nSPS) is 12.5. The van der Waals surface area contributed by atoms with E-state index in [9.17, 15) is 0 Å². The number of nitrogens with two attached hydrogens (primary N) is 1. The van der Waals surface area contributed by atoms with Gasteiger partial charge in [-0.2, -0.15) is 0 Å². The van der Waals surface area contributed by atoms with Crippen LogP contribution >= 0.6 is 31.9 Å². The van der Waals surface area contributed by atoms with Crippen LogP contribution in [0, 0.1) is 0 Å². The van der Waals surface area contributed by atoms with E-state index in [0.717, 1.165) is 20.9 Å². The molecule has 0 fully saturated rings. The second-order valence-corrected chi connectivity index (χ2v) is 4.51. The first-order valence-electron chi connectivity index (χ1n) is 3.96. The summed E-state index contributed by atoms with van der Waals surface area (Å²) in [4.78, 5) is 0. The highest BCUT2D eigenvalue weighted by atomic mass is 79.9. The molecule has 3 heteroatoms. The molecule has 0 heterocycles. The Morgan fingerprint density at radius 2 is 2.08 bits per heavy atom. The van der Waals surface area contributed by atoms with Crippen molar-refractivity contribution in [3.05, 3.63) is 45.4 Å². The third-order valence-corrected chi connectivity index (χ3v) is 3.67. The molecule has 13 heavy (non-hydrogen) atoms. The van der Waals surface area contributed by atoms with E-state index in [1.807, 2.05) is 24.3 Å². The van der Waals surface area contributed by atoms with Crippen molar-refractivity contribution >= 4 is 31.9 Å². The van der Waals surface area contributed by atoms with Crippen molar-refractivity contribution in [2.45, 2.75) is 12.5 Å². The highest BCUT2D eigenvalue weighted by molar-refractivity contribution is 9.13. The molecular weight excluding hydrogens is 294 g/mol. The fourth-order valence-corrected chi connectivity index (χ4v) is 1.70. The second-order valence-electron chi connectivity index (χ2n) is 2.80. The zero-order valence-electron chi connectivity index (χ0n) is 7.13. The third kappa shape index (κ3) is 2.93. The summed E-state index contributed by atoms with van der Waals surface area (Å²) >= 11 is 6.85. The Labute approximate surface area is 95.3 Å². The van der Waals surface area contributed by atoms with Gasteiger partial charge in [-0.3, -0.25) is 0 Å². The lowest BCUT2D eigenvalue weighted by atomic mass is 10.1. The van der Waals surface area contributed by atoms with E-state index in [4.69, 9.17) is 5.73 Å². The van der Waals surface area contributed by atoms with Crippen LogP contribution in [0.25, 0.3) is 0 Å². The zero-order valence-corrected chi connectivity index (χ0v) is 10.3. The molecule has 1 atom stereocenters. The van der Waals surface area contributed by atoms with Gasteiger partial charge in [0.15, 0.2) is 0 Å². The van der Waals surface area contributed by atoms with Gasteiger partial charge in [-0.15, -0.1) is 6.58 Å². The molecule has 1 unspecified atom stereocenters. The molecule has 1 aromatic rings. The van der Waals surface area contributed by atoms with Crippen LogP contribution in [0.2, 0.25) is 0 Å². The maximum atomic E-state index is 5.92. The van der Waals surface area contributed by atoms with Crippen molar-refractivity contribution in [3.63, 3.8) is 0 Å². The Kier molecular flexibility index (Phi) is 4.16. The minimum absolute atomic E-state index is 0.0434. The van der Waals surface area contributed by atoms with Crippen LogP contribution in [0.5, 0.6) is 0 Å². The smallest absolute Gasteiger partial charge is 0.0330 e. The van der Waals surface area contributed by atoms with Crippen LogP contribution < -0.4 is 5.73 Å². The monoisotopic (exact) mass is 303 g/mol. The van der Waals surface area contributed by atoms with Crippen LogP contribution in [-0.4, -0.2) is 0 Å². The summed E-state index contributed by atoms with van der Waals surface area (Å²) in [7, 11) is 0. The van der Waals surface area contributed by atoms with E-state index in [1.54, 1.807) is 0 Å². The molecule has 1 rings (SSSR count). The minimum atomic E-state index is 0.0434. The van der Waals surface area contributed by atoms with E-state index >= 15 is 0 Å². The maximum Gasteiger partial charge on any atom is 0.0330 e. The zero-order chi connectivity index (χ0) is 9.84. The number of benzene rings is 1. The van der Waals surface area contributed by atoms with Crippen molar-refractivity contribution in [2.24, 2.45) is 5.73 Å². The first-order valence-corrected chi connectivity index (χ1v) is 5.55. The summed E-state index contributed by atoms with van der Waals surface area (Å²) < 4.78 is 2.08. The van der Waals surface area contributed by atoms with Gasteiger partial charge in [-0.05, 0) is 56.0 Å². The Morgan fingerprint density at radius 3 is 2.62 bits per heavy atom. The Balaban J connectivity index is 2.89. The first-order chi connectivity index (χ1) is 6.15. The molecule has 0 saturated carbocycles. The standard InChI is InChI=1S/C10H11Br2N/c1-2-3-10(13)7-4-5-8(11)9(12)6-7/h2,4-6,10H,1,3,13H2. The predicted molar refractivity (Wildman–Crippen MR) is 63.6 cm³/mol. The largest absolute Gasteiger partial charge is 0.324 e. The highest BCUT2D eigenvalue weighted by Gasteiger charge is 2.05. The van der Waals surface area contributed by atoms with Crippen LogP contribution in [-0.2, 0) is 0 Å². The molecule has 1 nitrogen and oxygen atoms in total. The average molecular weight is 305 g/mol. The molecule has 0 aliphatic rings. The number of rotatable bonds is 3. The van der Waals surface area contributed by atoms with Gasteiger partial charge >= 0.3 is 0 Å². The molecule has 0 spiro atoms. The Bertz CT molecular complexity index is 310. The average Bonchev–Trinajstić information content (AvgIpc) is 2.10. The fourth-order valence-electron chi connectivity index (χ4n) is 1.06. The SMILES string of the molecule is C=CCC(N)c1ccc(Br)c(Br)c1. The molecule has 0 aliphatic carbocycles. The molecule has 0 aliphatic heterocycles. The molecule has 2 N–H and O–H groups in total. The van der Waals surface area contributed by atoms with Gasteiger partial charge in [-0.1, -0.05) is 12.1 Å². The molecule has 0 bridgehead atoms. The van der Waals surface area contributed by atoms with E-state index < -0.39 is 0 Å². The number of hydrogen-bond donors (Lipinski definition) is 1. The lowest BCUT2D eigenvalue weighted by Crippen LogP contribution is -2.08. The van der Waals surface area contributed by atoms with E-state index in [0.29, 0.717) is 0 Å². The predicted octanol–water partition coefficient (Wildman–Crippen LogP) is 3.79. The number of halogens is 2. The summed E-state index contributed by atoms with van der Waals surface area (Å²) in [5, 5.41) is 0. The lowest BCUT2D eigenvalue weighted by Gasteiger charge is -2.10. The van der Waals surface area contributed by atoms with Crippen molar-refractivity contribution in [2.75, 3.05) is 0 Å². The van der Waals surface area contributed by atoms with Gasteiger partial charge in [0.05, 0.1) is 0 Å². The van der Waals surface area contributed by atoms with E-state index in [-0.39, 0.29) is 6.04 Å². The molecule has 1 aromatic carbocycles. The third-order valence-electron chi connectivity index (χ3n) is 1.79. The molecule has 0 aromatic heterocycles. The lowest BCUT2D eigenvalue weighted by molar-refractivity contribution is 0.741. The molecule has 0 saturated heterocycles. The molecular formula is C10H11Br2N. The fraction of sp³-hybridized carbons (Fsp3) is 0.200. The van der Waals surface area contributed by atoms with Gasteiger partial charge in [0, 0.05) is 15.0 Å². The van der Waals surface area contributed by atoms with Gasteiger partial charge in [-0.25, -0.2) is 0 Å². The van der Waals surface area contributed by atoms with Crippen LogP contribution in [0.3, 0.4) is 0 Å². The Hall–Kier alpha value is -0.120. The van der Waals surface area contributed by atoms with Crippen LogP contribution in [0.1, 0.15) is 18.0 Å². The van der Waals surface area contributed by atoms with Crippen LogP contribution in [0.4, 0.5) is 0 Å². The van der Waals surface area contributed by atoms with Gasteiger partial charge in [0.1, 0.15) is 0 Å². The van der Waals surface area contributed by atoms with Gasteiger partial charge in [0.2, 0.25) is 0 Å². The van der Waals surface area contributed by atoms with Gasteiger partial charge in [0.25, 0.3) is 0 Å². The van der Waals surface area contributed by atoms with Crippen molar-refractivity contribution < 1.29 is 0 Å². The summed E-state index contributed by atoms with van der Waals surface area (Å²) in [6.07, 6.45) is 2.63. The topological polar surface area (TPSA) is 26.0 Å². The van der Waals surface area contributed by atoms with E-state index in [2.05, 4.69) is 38.4 Å². The van der Waals surface area contributed by atoms with Crippen molar-refractivity contribution in [1.29, 1.82) is 0 Å². The van der Waals surface area contributed by atoms with E-state index in [1.165, 1.54) is 0 Å². The van der Waals surface area contributed by atoms with Crippen LogP contribution in [0.15, 0.2) is 39.8 Å².